The normalized spacial score (nSPS) is 25.4. The highest BCUT2D eigenvalue weighted by atomic mass is 19.4. The highest BCUT2D eigenvalue weighted by molar-refractivity contribution is 5.81. The molecule has 1 aliphatic carbocycles. The fourth-order valence-corrected chi connectivity index (χ4v) is 2.77. The third-order valence-electron chi connectivity index (χ3n) is 4.29. The van der Waals surface area contributed by atoms with Crippen LogP contribution in [0, 0.1) is 17.8 Å². The van der Waals surface area contributed by atoms with E-state index in [2.05, 4.69) is 13.8 Å². The zero-order valence-electron chi connectivity index (χ0n) is 11.2. The van der Waals surface area contributed by atoms with Gasteiger partial charge in [-0.2, -0.15) is 13.2 Å². The quantitative estimate of drug-likeness (QED) is 0.700. The highest BCUT2D eigenvalue weighted by Crippen LogP contribution is 2.40. The van der Waals surface area contributed by atoms with Gasteiger partial charge in [-0.3, -0.25) is 4.79 Å². The van der Waals surface area contributed by atoms with E-state index in [0.29, 0.717) is 25.2 Å². The maximum atomic E-state index is 12.5. The van der Waals surface area contributed by atoms with Crippen LogP contribution >= 0.6 is 0 Å². The number of carbonyl (C=O) groups is 1. The van der Waals surface area contributed by atoms with E-state index in [1.807, 2.05) is 0 Å². The fraction of sp³-hybridized carbons (Fsp3) is 0.929. The predicted octanol–water partition coefficient (Wildman–Crippen LogP) is 4.75. The second kappa shape index (κ2) is 6.58. The number of halogens is 3. The van der Waals surface area contributed by atoms with Gasteiger partial charge in [-0.1, -0.05) is 26.7 Å². The van der Waals surface area contributed by atoms with Crippen LogP contribution in [0.1, 0.15) is 58.8 Å². The second-order valence-electron chi connectivity index (χ2n) is 5.44. The highest BCUT2D eigenvalue weighted by Gasteiger charge is 2.42. The summed E-state index contributed by atoms with van der Waals surface area (Å²) in [6, 6.07) is 0. The summed E-state index contributed by atoms with van der Waals surface area (Å²) in [7, 11) is 0. The minimum atomic E-state index is -4.08. The van der Waals surface area contributed by atoms with Crippen LogP contribution in [-0.2, 0) is 4.79 Å². The Morgan fingerprint density at radius 2 is 1.61 bits per heavy atom. The van der Waals surface area contributed by atoms with E-state index in [1.165, 1.54) is 0 Å². The summed E-state index contributed by atoms with van der Waals surface area (Å²) in [5.41, 5.74) is 0. The van der Waals surface area contributed by atoms with Crippen LogP contribution in [0.2, 0.25) is 0 Å². The molecule has 0 aromatic rings. The Bertz CT molecular complexity index is 261. The van der Waals surface area contributed by atoms with E-state index in [0.717, 1.165) is 12.8 Å². The maximum Gasteiger partial charge on any atom is 0.391 e. The zero-order valence-corrected chi connectivity index (χ0v) is 11.2. The van der Waals surface area contributed by atoms with Crippen LogP contribution in [0.3, 0.4) is 0 Å². The Hall–Kier alpha value is -0.540. The first-order valence-electron chi connectivity index (χ1n) is 6.97. The molecule has 0 aliphatic heterocycles. The van der Waals surface area contributed by atoms with Gasteiger partial charge in [0.2, 0.25) is 0 Å². The molecule has 0 aromatic heterocycles. The summed E-state index contributed by atoms with van der Waals surface area (Å²) in [4.78, 5) is 12.0. The van der Waals surface area contributed by atoms with Gasteiger partial charge in [-0.05, 0) is 31.6 Å². The van der Waals surface area contributed by atoms with E-state index >= 15 is 0 Å². The maximum absolute atomic E-state index is 12.5. The molecule has 0 bridgehead atoms. The van der Waals surface area contributed by atoms with Crippen molar-refractivity contribution in [2.45, 2.75) is 65.0 Å². The van der Waals surface area contributed by atoms with Crippen LogP contribution in [-0.4, -0.2) is 12.0 Å². The number of rotatable bonds is 5. The minimum absolute atomic E-state index is 0.121. The van der Waals surface area contributed by atoms with E-state index in [4.69, 9.17) is 0 Å². The number of Topliss-reactive ketones (excluding diaryl/α,β-unsaturated/α-hetero) is 1. The van der Waals surface area contributed by atoms with Crippen molar-refractivity contribution in [1.29, 1.82) is 0 Å². The second-order valence-corrected chi connectivity index (χ2v) is 5.44. The van der Waals surface area contributed by atoms with E-state index in [1.54, 1.807) is 0 Å². The molecular weight excluding hydrogens is 241 g/mol. The predicted molar refractivity (Wildman–Crippen MR) is 65.2 cm³/mol. The van der Waals surface area contributed by atoms with Crippen molar-refractivity contribution in [1.82, 2.24) is 0 Å². The third-order valence-corrected chi connectivity index (χ3v) is 4.29. The van der Waals surface area contributed by atoms with Crippen LogP contribution in [0.4, 0.5) is 13.2 Å². The number of carbonyl (C=O) groups excluding carboxylic acids is 1. The van der Waals surface area contributed by atoms with Crippen LogP contribution in [0.15, 0.2) is 0 Å². The molecule has 0 atom stereocenters. The molecule has 0 radical (unpaired) electrons. The van der Waals surface area contributed by atoms with E-state index < -0.39 is 12.1 Å². The molecule has 0 heterocycles. The van der Waals surface area contributed by atoms with Gasteiger partial charge in [0.1, 0.15) is 5.78 Å². The average molecular weight is 264 g/mol. The lowest BCUT2D eigenvalue weighted by molar-refractivity contribution is -0.184. The van der Waals surface area contributed by atoms with Gasteiger partial charge in [-0.15, -0.1) is 0 Å². The van der Waals surface area contributed by atoms with Crippen LogP contribution in [0.5, 0.6) is 0 Å². The molecule has 0 amide bonds. The summed E-state index contributed by atoms with van der Waals surface area (Å²) < 4.78 is 37.5. The summed E-state index contributed by atoms with van der Waals surface area (Å²) >= 11 is 0. The van der Waals surface area contributed by atoms with Gasteiger partial charge in [-0.25, -0.2) is 0 Å². The van der Waals surface area contributed by atoms with Crippen molar-refractivity contribution in [2.75, 3.05) is 0 Å². The molecule has 1 aliphatic rings. The van der Waals surface area contributed by atoms with Crippen molar-refractivity contribution < 1.29 is 18.0 Å². The van der Waals surface area contributed by atoms with E-state index in [-0.39, 0.29) is 24.5 Å². The van der Waals surface area contributed by atoms with Crippen molar-refractivity contribution in [3.63, 3.8) is 0 Å². The summed E-state index contributed by atoms with van der Waals surface area (Å²) in [5, 5.41) is 0. The number of ketones is 1. The number of hydrogen-bond donors (Lipinski definition) is 0. The molecule has 1 nitrogen and oxygen atoms in total. The molecule has 0 unspecified atom stereocenters. The van der Waals surface area contributed by atoms with Crippen molar-refractivity contribution in [2.24, 2.45) is 17.8 Å². The number of hydrogen-bond acceptors (Lipinski definition) is 1. The molecule has 1 rings (SSSR count). The molecule has 1 saturated carbocycles. The first-order chi connectivity index (χ1) is 8.38. The fourth-order valence-electron chi connectivity index (χ4n) is 2.77. The van der Waals surface area contributed by atoms with Gasteiger partial charge in [0, 0.05) is 12.3 Å². The zero-order chi connectivity index (χ0) is 13.8. The molecule has 18 heavy (non-hydrogen) atoms. The Balaban J connectivity index is 2.41. The van der Waals surface area contributed by atoms with Crippen molar-refractivity contribution >= 4 is 5.78 Å². The topological polar surface area (TPSA) is 17.1 Å². The monoisotopic (exact) mass is 264 g/mol. The van der Waals surface area contributed by atoms with Gasteiger partial charge in [0.25, 0.3) is 0 Å². The first-order valence-corrected chi connectivity index (χ1v) is 6.97. The smallest absolute Gasteiger partial charge is 0.299 e. The van der Waals surface area contributed by atoms with Crippen LogP contribution < -0.4 is 0 Å². The molecule has 0 N–H and O–H groups in total. The SMILES string of the molecule is CCC(CC)CC(=O)C1CCC(C(F)(F)F)CC1. The third kappa shape index (κ3) is 4.29. The van der Waals surface area contributed by atoms with Gasteiger partial charge < -0.3 is 0 Å². The Morgan fingerprint density at radius 1 is 1.11 bits per heavy atom. The van der Waals surface area contributed by atoms with Gasteiger partial charge in [0.05, 0.1) is 5.92 Å². The van der Waals surface area contributed by atoms with Gasteiger partial charge >= 0.3 is 6.18 Å². The Kier molecular flexibility index (Phi) is 5.67. The van der Waals surface area contributed by atoms with Crippen molar-refractivity contribution in [3.8, 4) is 0 Å². The molecule has 0 spiro atoms. The van der Waals surface area contributed by atoms with Gasteiger partial charge in [0.15, 0.2) is 0 Å². The van der Waals surface area contributed by atoms with E-state index in [9.17, 15) is 18.0 Å². The largest absolute Gasteiger partial charge is 0.391 e. The molecule has 0 saturated heterocycles. The average Bonchev–Trinajstić information content (AvgIpc) is 2.34. The minimum Gasteiger partial charge on any atom is -0.299 e. The lowest BCUT2D eigenvalue weighted by atomic mass is 9.77. The van der Waals surface area contributed by atoms with Crippen molar-refractivity contribution in [3.05, 3.63) is 0 Å². The molecule has 4 heteroatoms. The Morgan fingerprint density at radius 3 is 2.00 bits per heavy atom. The summed E-state index contributed by atoms with van der Waals surface area (Å²) in [6.07, 6.45) is -0.490. The lowest BCUT2D eigenvalue weighted by Crippen LogP contribution is -2.30. The molecule has 1 fully saturated rings. The number of alkyl halides is 3. The molecule has 0 aromatic carbocycles. The Labute approximate surface area is 107 Å². The first kappa shape index (κ1) is 15.5. The van der Waals surface area contributed by atoms with Crippen LogP contribution in [0.25, 0.3) is 0 Å². The summed E-state index contributed by atoms with van der Waals surface area (Å²) in [5.74, 6) is -0.721. The molecule has 106 valence electrons. The standard InChI is InChI=1S/C14H23F3O/c1-3-10(4-2)9-13(18)11-5-7-12(8-6-11)14(15,16)17/h10-12H,3-9H2,1-2H3. The molecular formula is C14H23F3O. The summed E-state index contributed by atoms with van der Waals surface area (Å²) in [6.45, 7) is 4.12. The lowest BCUT2D eigenvalue weighted by Gasteiger charge is -2.29.